The molecule has 0 aliphatic heterocycles. The third-order valence-corrected chi connectivity index (χ3v) is 14.9. The van der Waals surface area contributed by atoms with Gasteiger partial charge in [-0.3, -0.25) is 4.57 Å². The van der Waals surface area contributed by atoms with Crippen molar-refractivity contribution in [2.24, 2.45) is 0 Å². The summed E-state index contributed by atoms with van der Waals surface area (Å²) in [4.78, 5) is 16.3. The highest BCUT2D eigenvalue weighted by Gasteiger charge is 2.22. The molecule has 9 aromatic carbocycles. The van der Waals surface area contributed by atoms with E-state index in [0.717, 1.165) is 44.1 Å². The molecule has 14 rings (SSSR count). The van der Waals surface area contributed by atoms with Gasteiger partial charge in [0.15, 0.2) is 11.6 Å². The third-order valence-electron chi connectivity index (χ3n) is 12.5. The van der Waals surface area contributed by atoms with Gasteiger partial charge in [-0.2, -0.15) is 9.97 Å². The fourth-order valence-electron chi connectivity index (χ4n) is 9.74. The van der Waals surface area contributed by atoms with Gasteiger partial charge in [0.1, 0.15) is 0 Å². The molecule has 5 aromatic heterocycles. The Morgan fingerprint density at radius 3 is 1.55 bits per heavy atom. The summed E-state index contributed by atoms with van der Waals surface area (Å²) < 4.78 is 9.64. The first-order chi connectivity index (χ1) is 30.7. The summed E-state index contributed by atoms with van der Waals surface area (Å²) in [6, 6.07) is 67.8. The highest BCUT2D eigenvalue weighted by atomic mass is 32.1. The Morgan fingerprint density at radius 1 is 0.323 bits per heavy atom. The lowest BCUT2D eigenvalue weighted by Crippen LogP contribution is -2.06. The molecule has 0 radical (unpaired) electrons. The van der Waals surface area contributed by atoms with Crippen LogP contribution in [-0.4, -0.2) is 24.1 Å². The zero-order chi connectivity index (χ0) is 40.5. The van der Waals surface area contributed by atoms with Crippen molar-refractivity contribution in [3.05, 3.63) is 188 Å². The molecule has 14 aromatic rings. The standard InChI is InChI=1S/C55H31N5S2/c1-2-14-33-30-47-41(27-32(33)13-1)38-17-5-8-20-44(38)59(47)48-31-35(29-43-40-19-7-12-24-50(40)62-52(43)48)54-56-53(34-25-26-51-42(28-34)39-18-6-11-23-49(39)61-51)57-55(58-54)60-45-21-9-3-15-36(45)37-16-4-10-22-46(37)60/h1-31H. The Morgan fingerprint density at radius 2 is 0.839 bits per heavy atom. The molecule has 5 heterocycles. The van der Waals surface area contributed by atoms with Crippen LogP contribution in [0.15, 0.2) is 188 Å². The van der Waals surface area contributed by atoms with Gasteiger partial charge in [-0.05, 0) is 83.6 Å². The van der Waals surface area contributed by atoms with E-state index in [-0.39, 0.29) is 0 Å². The summed E-state index contributed by atoms with van der Waals surface area (Å²) in [5, 5.41) is 12.0. The van der Waals surface area contributed by atoms with Crippen LogP contribution in [-0.2, 0) is 0 Å². The van der Waals surface area contributed by atoms with E-state index in [4.69, 9.17) is 15.0 Å². The average molecular weight is 826 g/mol. The molecule has 7 heteroatoms. The lowest BCUT2D eigenvalue weighted by atomic mass is 10.1. The molecule has 62 heavy (non-hydrogen) atoms. The smallest absolute Gasteiger partial charge is 0.238 e. The number of thiophene rings is 2. The van der Waals surface area contributed by atoms with Gasteiger partial charge < -0.3 is 4.57 Å². The Kier molecular flexibility index (Phi) is 7.08. The summed E-state index contributed by atoms with van der Waals surface area (Å²) in [5.41, 5.74) is 7.40. The predicted molar refractivity (Wildman–Crippen MR) is 263 cm³/mol. The van der Waals surface area contributed by atoms with Crippen molar-refractivity contribution in [3.8, 4) is 34.4 Å². The molecular weight excluding hydrogens is 795 g/mol. The van der Waals surface area contributed by atoms with E-state index in [2.05, 4.69) is 197 Å². The molecule has 0 saturated carbocycles. The molecule has 0 aliphatic rings. The van der Waals surface area contributed by atoms with E-state index in [9.17, 15) is 0 Å². The highest BCUT2D eigenvalue weighted by Crippen LogP contribution is 2.44. The van der Waals surface area contributed by atoms with Crippen LogP contribution in [0.3, 0.4) is 0 Å². The second kappa shape index (κ2) is 12.9. The van der Waals surface area contributed by atoms with Gasteiger partial charge in [0.2, 0.25) is 5.95 Å². The van der Waals surface area contributed by atoms with E-state index in [0.29, 0.717) is 17.6 Å². The Hall–Kier alpha value is -7.71. The van der Waals surface area contributed by atoms with Crippen molar-refractivity contribution in [2.75, 3.05) is 0 Å². The molecule has 0 aliphatic carbocycles. The van der Waals surface area contributed by atoms with Gasteiger partial charge in [-0.15, -0.1) is 22.7 Å². The summed E-state index contributed by atoms with van der Waals surface area (Å²) in [6.07, 6.45) is 0. The first-order valence-electron chi connectivity index (χ1n) is 20.8. The van der Waals surface area contributed by atoms with Crippen LogP contribution in [0.25, 0.3) is 129 Å². The monoisotopic (exact) mass is 825 g/mol. The number of benzene rings is 9. The molecular formula is C55H31N5S2. The van der Waals surface area contributed by atoms with E-state index in [1.165, 1.54) is 67.4 Å². The van der Waals surface area contributed by atoms with Crippen LogP contribution in [0.1, 0.15) is 0 Å². The van der Waals surface area contributed by atoms with Crippen LogP contribution in [0.5, 0.6) is 0 Å². The summed E-state index contributed by atoms with van der Waals surface area (Å²) in [6.45, 7) is 0. The molecule has 0 spiro atoms. The summed E-state index contributed by atoms with van der Waals surface area (Å²) in [5.74, 6) is 1.83. The van der Waals surface area contributed by atoms with Crippen molar-refractivity contribution in [2.45, 2.75) is 0 Å². The molecule has 0 N–H and O–H groups in total. The number of para-hydroxylation sites is 3. The minimum atomic E-state index is 0.581. The number of aromatic nitrogens is 5. The molecule has 0 fully saturated rings. The number of nitrogens with zero attached hydrogens (tertiary/aromatic N) is 5. The van der Waals surface area contributed by atoms with Crippen LogP contribution < -0.4 is 0 Å². The Labute approximate surface area is 362 Å². The van der Waals surface area contributed by atoms with Crippen molar-refractivity contribution in [3.63, 3.8) is 0 Å². The maximum absolute atomic E-state index is 5.47. The number of hydrogen-bond donors (Lipinski definition) is 0. The van der Waals surface area contributed by atoms with Crippen molar-refractivity contribution < 1.29 is 0 Å². The fraction of sp³-hybridized carbons (Fsp3) is 0. The topological polar surface area (TPSA) is 48.5 Å². The summed E-state index contributed by atoms with van der Waals surface area (Å²) in [7, 11) is 0. The molecule has 0 bridgehead atoms. The third kappa shape index (κ3) is 4.92. The second-order valence-corrected chi connectivity index (χ2v) is 18.1. The van der Waals surface area contributed by atoms with Gasteiger partial charge in [0.25, 0.3) is 0 Å². The highest BCUT2D eigenvalue weighted by molar-refractivity contribution is 7.26. The van der Waals surface area contributed by atoms with E-state index in [1.54, 1.807) is 0 Å². The van der Waals surface area contributed by atoms with Crippen molar-refractivity contribution >= 4 is 117 Å². The number of hydrogen-bond acceptors (Lipinski definition) is 5. The first kappa shape index (κ1) is 34.0. The maximum atomic E-state index is 5.47. The van der Waals surface area contributed by atoms with Crippen LogP contribution in [0.2, 0.25) is 0 Å². The van der Waals surface area contributed by atoms with Gasteiger partial charge >= 0.3 is 0 Å². The lowest BCUT2D eigenvalue weighted by molar-refractivity contribution is 0.953. The predicted octanol–water partition coefficient (Wildman–Crippen LogP) is 15.3. The Balaban J connectivity index is 1.10. The zero-order valence-electron chi connectivity index (χ0n) is 33.0. The lowest BCUT2D eigenvalue weighted by Gasteiger charge is -2.14. The van der Waals surface area contributed by atoms with Crippen LogP contribution in [0, 0.1) is 0 Å². The largest absolute Gasteiger partial charge is 0.308 e. The average Bonchev–Trinajstić information content (AvgIpc) is 4.08. The molecule has 5 nitrogen and oxygen atoms in total. The fourth-order valence-corrected chi connectivity index (χ4v) is 12.0. The van der Waals surface area contributed by atoms with Gasteiger partial charge in [-0.25, -0.2) is 4.98 Å². The molecule has 0 atom stereocenters. The minimum absolute atomic E-state index is 0.581. The van der Waals surface area contributed by atoms with Crippen LogP contribution >= 0.6 is 22.7 Å². The van der Waals surface area contributed by atoms with Crippen molar-refractivity contribution in [1.29, 1.82) is 0 Å². The van der Waals surface area contributed by atoms with Gasteiger partial charge in [0.05, 0.1) is 32.5 Å². The van der Waals surface area contributed by atoms with Crippen molar-refractivity contribution in [1.82, 2.24) is 24.1 Å². The molecule has 0 amide bonds. The zero-order valence-corrected chi connectivity index (χ0v) is 34.6. The quantitative estimate of drug-likeness (QED) is 0.178. The number of fused-ring (bicyclic) bond motifs is 13. The van der Waals surface area contributed by atoms with Gasteiger partial charge in [-0.1, -0.05) is 115 Å². The van der Waals surface area contributed by atoms with E-state index < -0.39 is 0 Å². The summed E-state index contributed by atoms with van der Waals surface area (Å²) >= 11 is 3.66. The molecule has 0 unspecified atom stereocenters. The van der Waals surface area contributed by atoms with Gasteiger partial charge in [0, 0.05) is 68.3 Å². The van der Waals surface area contributed by atoms with Crippen LogP contribution in [0.4, 0.5) is 0 Å². The minimum Gasteiger partial charge on any atom is -0.308 e. The molecule has 288 valence electrons. The van der Waals surface area contributed by atoms with E-state index in [1.807, 2.05) is 22.7 Å². The SMILES string of the molecule is c1ccc2cc3c(cc2c1)c1ccccc1n3-c1cc(-c2nc(-c3ccc4sc5ccccc5c4c3)nc(-n3c4ccccc4c4ccccc43)n2)cc2c1sc1ccccc12. The number of rotatable bonds is 4. The Bertz CT molecular complexity index is 4130. The normalized spacial score (nSPS) is 12.2. The second-order valence-electron chi connectivity index (χ2n) is 16.0. The maximum Gasteiger partial charge on any atom is 0.238 e. The molecule has 0 saturated heterocycles. The van der Waals surface area contributed by atoms with E-state index >= 15 is 0 Å². The first-order valence-corrected chi connectivity index (χ1v) is 22.4.